The molecule has 2 aliphatic heterocycles. The summed E-state index contributed by atoms with van der Waals surface area (Å²) in [4.78, 5) is 42.5. The van der Waals surface area contributed by atoms with Crippen LogP contribution in [0.15, 0.2) is 70.9 Å². The summed E-state index contributed by atoms with van der Waals surface area (Å²) in [6.45, 7) is 0.179. The lowest BCUT2D eigenvalue weighted by Gasteiger charge is -2.32. The number of thiophene rings is 1. The molecule has 210 valence electrons. The Morgan fingerprint density at radius 2 is 1.93 bits per heavy atom. The van der Waals surface area contributed by atoms with Crippen molar-refractivity contribution in [3.63, 3.8) is 0 Å². The first-order valence-corrected chi connectivity index (χ1v) is 15.1. The molecular weight excluding hydrogens is 554 g/mol. The molecule has 3 heterocycles. The number of hydrogen-bond acceptors (Lipinski definition) is 8. The smallest absolute Gasteiger partial charge is 0.269 e. The number of sulfonamides is 1. The number of fused-ring (bicyclic) bond motifs is 1. The molecule has 1 fully saturated rings. The monoisotopic (exact) mass is 583 g/mol. The fourth-order valence-corrected chi connectivity index (χ4v) is 7.19. The van der Waals surface area contributed by atoms with Crippen molar-refractivity contribution in [2.24, 2.45) is 0 Å². The molecule has 2 aromatic carbocycles. The van der Waals surface area contributed by atoms with E-state index in [2.05, 4.69) is 5.32 Å². The Morgan fingerprint density at radius 3 is 2.58 bits per heavy atom. The SMILES string of the molecule is COc1ccc(CN(C(=O)CN2C(=O)c3ccccc3S2(=O)=O)[C@H](C(=O)NC[C@H]2CCCO2)c2cccs2)cc1. The van der Waals surface area contributed by atoms with Crippen LogP contribution in [0.3, 0.4) is 0 Å². The van der Waals surface area contributed by atoms with Gasteiger partial charge in [0, 0.05) is 24.6 Å². The third-order valence-electron chi connectivity index (χ3n) is 6.92. The van der Waals surface area contributed by atoms with Gasteiger partial charge in [0.2, 0.25) is 11.8 Å². The number of nitrogens with zero attached hydrogens (tertiary/aromatic N) is 2. The van der Waals surface area contributed by atoms with Crippen molar-refractivity contribution in [1.29, 1.82) is 0 Å². The van der Waals surface area contributed by atoms with Crippen molar-refractivity contribution in [2.75, 3.05) is 26.8 Å². The van der Waals surface area contributed by atoms with E-state index < -0.39 is 40.3 Å². The quantitative estimate of drug-likeness (QED) is 0.389. The van der Waals surface area contributed by atoms with E-state index in [1.807, 2.05) is 0 Å². The number of carbonyl (C=O) groups excluding carboxylic acids is 3. The zero-order valence-corrected chi connectivity index (χ0v) is 23.4. The van der Waals surface area contributed by atoms with Crippen LogP contribution in [-0.2, 0) is 30.9 Å². The molecule has 12 heteroatoms. The number of rotatable bonds is 10. The second-order valence-corrected chi connectivity index (χ2v) is 12.3. The summed E-state index contributed by atoms with van der Waals surface area (Å²) in [5.74, 6) is -1.26. The van der Waals surface area contributed by atoms with Crippen molar-refractivity contribution in [3.05, 3.63) is 82.0 Å². The normalized spacial score (nSPS) is 18.3. The van der Waals surface area contributed by atoms with E-state index in [1.54, 1.807) is 55.0 Å². The van der Waals surface area contributed by atoms with Crippen molar-refractivity contribution in [1.82, 2.24) is 14.5 Å². The zero-order chi connectivity index (χ0) is 28.3. The lowest BCUT2D eigenvalue weighted by atomic mass is 10.1. The van der Waals surface area contributed by atoms with E-state index >= 15 is 0 Å². The first-order chi connectivity index (χ1) is 19.3. The van der Waals surface area contributed by atoms with Crippen LogP contribution < -0.4 is 10.1 Å². The largest absolute Gasteiger partial charge is 0.497 e. The summed E-state index contributed by atoms with van der Waals surface area (Å²) >= 11 is 1.31. The molecule has 0 spiro atoms. The molecule has 0 unspecified atom stereocenters. The Labute approximate surface area is 236 Å². The highest BCUT2D eigenvalue weighted by atomic mass is 32.2. The Kier molecular flexibility index (Phi) is 8.19. The number of hydrogen-bond donors (Lipinski definition) is 1. The standard InChI is InChI=1S/C28H29N3O7S2/c1-37-20-12-10-19(11-13-20)17-30(25(32)18-31-28(34)22-7-2-3-9-24(22)40(31,35)36)26(23-8-5-15-39-23)27(33)29-16-21-6-4-14-38-21/h2-3,5,7-13,15,21,26H,4,6,14,16-18H2,1H3,(H,29,33)/t21-,26+/m1/s1. The van der Waals surface area contributed by atoms with Gasteiger partial charge in [-0.15, -0.1) is 11.3 Å². The maximum absolute atomic E-state index is 14.0. The van der Waals surface area contributed by atoms with Gasteiger partial charge in [-0.1, -0.05) is 30.3 Å². The van der Waals surface area contributed by atoms with Crippen molar-refractivity contribution in [2.45, 2.75) is 36.4 Å². The molecular formula is C28H29N3O7S2. The molecule has 1 aromatic heterocycles. The highest BCUT2D eigenvalue weighted by Crippen LogP contribution is 2.32. The Balaban J connectivity index is 1.47. The van der Waals surface area contributed by atoms with Crippen LogP contribution in [0.4, 0.5) is 0 Å². The van der Waals surface area contributed by atoms with Crippen molar-refractivity contribution >= 4 is 39.1 Å². The van der Waals surface area contributed by atoms with Crippen molar-refractivity contribution < 1.29 is 32.3 Å². The van der Waals surface area contributed by atoms with Gasteiger partial charge in [0.1, 0.15) is 23.2 Å². The third-order valence-corrected chi connectivity index (χ3v) is 9.64. The maximum atomic E-state index is 14.0. The summed E-state index contributed by atoms with van der Waals surface area (Å²) in [7, 11) is -2.68. The minimum atomic E-state index is -4.22. The minimum absolute atomic E-state index is 0.00618. The molecule has 0 bridgehead atoms. The number of carbonyl (C=O) groups is 3. The average molecular weight is 584 g/mol. The molecule has 0 aliphatic carbocycles. The molecule has 1 N–H and O–H groups in total. The van der Waals surface area contributed by atoms with Gasteiger partial charge in [0.25, 0.3) is 15.9 Å². The topological polar surface area (TPSA) is 122 Å². The maximum Gasteiger partial charge on any atom is 0.269 e. The van der Waals surface area contributed by atoms with Gasteiger partial charge in [0.05, 0.1) is 18.8 Å². The average Bonchev–Trinajstić information content (AvgIpc) is 3.72. The highest BCUT2D eigenvalue weighted by Gasteiger charge is 2.43. The zero-order valence-electron chi connectivity index (χ0n) is 21.8. The van der Waals surface area contributed by atoms with Gasteiger partial charge in [0.15, 0.2) is 0 Å². The summed E-state index contributed by atoms with van der Waals surface area (Å²) in [5.41, 5.74) is 0.711. The molecule has 0 radical (unpaired) electrons. The van der Waals surface area contributed by atoms with E-state index in [0.29, 0.717) is 33.6 Å². The van der Waals surface area contributed by atoms with Gasteiger partial charge >= 0.3 is 0 Å². The number of amides is 3. The molecule has 40 heavy (non-hydrogen) atoms. The van der Waals surface area contributed by atoms with Crippen LogP contribution in [0.1, 0.15) is 39.7 Å². The fourth-order valence-electron chi connectivity index (χ4n) is 4.84. The van der Waals surface area contributed by atoms with Gasteiger partial charge in [-0.05, 0) is 54.1 Å². The Morgan fingerprint density at radius 1 is 1.15 bits per heavy atom. The molecule has 5 rings (SSSR count). The fraction of sp³-hybridized carbons (Fsp3) is 0.321. The van der Waals surface area contributed by atoms with Crippen LogP contribution in [-0.4, -0.2) is 68.3 Å². The van der Waals surface area contributed by atoms with Gasteiger partial charge in [-0.3, -0.25) is 14.4 Å². The molecule has 2 atom stereocenters. The molecule has 10 nitrogen and oxygen atoms in total. The predicted molar refractivity (Wildman–Crippen MR) is 147 cm³/mol. The first-order valence-electron chi connectivity index (χ1n) is 12.8. The lowest BCUT2D eigenvalue weighted by Crippen LogP contribution is -2.48. The summed E-state index contributed by atoms with van der Waals surface area (Å²) in [6.07, 6.45) is 1.63. The van der Waals surface area contributed by atoms with E-state index in [1.165, 1.54) is 34.4 Å². The summed E-state index contributed by atoms with van der Waals surface area (Å²) < 4.78 is 37.8. The summed E-state index contributed by atoms with van der Waals surface area (Å²) in [6, 6.07) is 15.3. The first kappa shape index (κ1) is 27.8. The molecule has 2 aliphatic rings. The van der Waals surface area contributed by atoms with Gasteiger partial charge < -0.3 is 19.7 Å². The predicted octanol–water partition coefficient (Wildman–Crippen LogP) is 2.97. The number of nitrogens with one attached hydrogen (secondary N) is 1. The van der Waals surface area contributed by atoms with Crippen LogP contribution in [0, 0.1) is 0 Å². The van der Waals surface area contributed by atoms with Gasteiger partial charge in [-0.25, -0.2) is 12.7 Å². The van der Waals surface area contributed by atoms with E-state index in [-0.39, 0.29) is 23.1 Å². The second-order valence-electron chi connectivity index (χ2n) is 9.48. The number of ether oxygens (including phenoxy) is 2. The molecule has 0 saturated carbocycles. The number of benzene rings is 2. The molecule has 3 amide bonds. The molecule has 3 aromatic rings. The van der Waals surface area contributed by atoms with Crippen LogP contribution in [0.25, 0.3) is 0 Å². The molecule has 1 saturated heterocycles. The number of methoxy groups -OCH3 is 1. The van der Waals surface area contributed by atoms with E-state index in [9.17, 15) is 22.8 Å². The van der Waals surface area contributed by atoms with Crippen LogP contribution in [0.5, 0.6) is 5.75 Å². The minimum Gasteiger partial charge on any atom is -0.497 e. The lowest BCUT2D eigenvalue weighted by molar-refractivity contribution is -0.141. The van der Waals surface area contributed by atoms with Crippen LogP contribution in [0.2, 0.25) is 0 Å². The van der Waals surface area contributed by atoms with E-state index in [4.69, 9.17) is 9.47 Å². The van der Waals surface area contributed by atoms with Crippen LogP contribution >= 0.6 is 11.3 Å². The van der Waals surface area contributed by atoms with Gasteiger partial charge in [-0.2, -0.15) is 0 Å². The highest BCUT2D eigenvalue weighted by molar-refractivity contribution is 7.90. The third kappa shape index (κ3) is 5.60. The van der Waals surface area contributed by atoms with Crippen molar-refractivity contribution in [3.8, 4) is 5.75 Å². The Bertz CT molecular complexity index is 1480. The summed E-state index contributed by atoms with van der Waals surface area (Å²) in [5, 5.41) is 4.72. The second kappa shape index (κ2) is 11.8. The van der Waals surface area contributed by atoms with E-state index in [0.717, 1.165) is 12.8 Å². The Hall–Kier alpha value is -3.74.